The summed E-state index contributed by atoms with van der Waals surface area (Å²) < 4.78 is 5.01. The Morgan fingerprint density at radius 1 is 1.00 bits per heavy atom. The Hall–Kier alpha value is -4.20. The lowest BCUT2D eigenvalue weighted by Gasteiger charge is -2.18. The molecule has 0 saturated carbocycles. The first-order chi connectivity index (χ1) is 18.0. The zero-order valence-electron chi connectivity index (χ0n) is 20.1. The van der Waals surface area contributed by atoms with Gasteiger partial charge in [0.05, 0.1) is 18.3 Å². The number of ether oxygens (including phenoxy) is 1. The van der Waals surface area contributed by atoms with Crippen molar-refractivity contribution in [3.63, 3.8) is 0 Å². The number of halogens is 1. The number of carbonyl (C=O) groups excluding carboxylic acids is 2. The summed E-state index contributed by atoms with van der Waals surface area (Å²) in [5, 5.41) is 19.0. The van der Waals surface area contributed by atoms with E-state index in [1.807, 2.05) is 66.7 Å². The molecular weight excluding hydrogens is 490 g/mol. The summed E-state index contributed by atoms with van der Waals surface area (Å²) in [7, 11) is 1.39. The molecule has 0 aliphatic heterocycles. The third kappa shape index (κ3) is 6.52. The van der Waals surface area contributed by atoms with Crippen LogP contribution in [0.5, 0.6) is 5.75 Å². The summed E-state index contributed by atoms with van der Waals surface area (Å²) >= 11 is 5.88. The molecule has 1 amide bonds. The second-order valence-electron chi connectivity index (χ2n) is 8.37. The summed E-state index contributed by atoms with van der Waals surface area (Å²) in [6.07, 6.45) is 2.09. The van der Waals surface area contributed by atoms with Crippen LogP contribution in [0.2, 0.25) is 5.02 Å². The highest BCUT2D eigenvalue weighted by molar-refractivity contribution is 6.32. The number of benzene rings is 4. The summed E-state index contributed by atoms with van der Waals surface area (Å²) in [6.45, 7) is 0.461. The lowest BCUT2D eigenvalue weighted by atomic mass is 9.99. The van der Waals surface area contributed by atoms with Gasteiger partial charge >= 0.3 is 5.97 Å². The molecule has 7 nitrogen and oxygen atoms in total. The van der Waals surface area contributed by atoms with Gasteiger partial charge in [0.15, 0.2) is 0 Å². The fraction of sp³-hybridized carbons (Fsp3) is 0.138. The van der Waals surface area contributed by atoms with Crippen molar-refractivity contribution < 1.29 is 19.4 Å². The molecular formula is C29H26ClN3O4. The minimum absolute atomic E-state index is 0.0880. The van der Waals surface area contributed by atoms with Gasteiger partial charge in [-0.15, -0.1) is 0 Å². The average Bonchev–Trinajstić information content (AvgIpc) is 2.93. The Balaban J connectivity index is 1.49. The maximum absolute atomic E-state index is 12.4. The molecule has 0 heterocycles. The number of phenols is 1. The highest BCUT2D eigenvalue weighted by atomic mass is 35.5. The van der Waals surface area contributed by atoms with Gasteiger partial charge in [0, 0.05) is 17.7 Å². The summed E-state index contributed by atoms with van der Waals surface area (Å²) in [5.41, 5.74) is 5.63. The Bertz CT molecular complexity index is 1440. The number of nitrogens with zero attached hydrogens (tertiary/aromatic N) is 1. The van der Waals surface area contributed by atoms with Crippen LogP contribution in [0.15, 0.2) is 90.0 Å². The van der Waals surface area contributed by atoms with E-state index in [1.165, 1.54) is 25.3 Å². The third-order valence-corrected chi connectivity index (χ3v) is 6.24. The molecule has 0 fully saturated rings. The molecule has 4 aromatic rings. The molecule has 0 aromatic heterocycles. The van der Waals surface area contributed by atoms with Crippen molar-refractivity contribution in [3.05, 3.63) is 112 Å². The number of phenolic OH excluding ortho intramolecular Hbond substituents is 1. The molecule has 4 aromatic carbocycles. The number of hydrogen-bond donors (Lipinski definition) is 3. The molecule has 4 rings (SSSR count). The molecule has 3 N–H and O–H groups in total. The number of esters is 1. The molecule has 0 aliphatic rings. The molecule has 0 spiro atoms. The van der Waals surface area contributed by atoms with Crippen molar-refractivity contribution >= 4 is 40.5 Å². The number of nitrogens with one attached hydrogen (secondary N) is 2. The van der Waals surface area contributed by atoms with E-state index in [1.54, 1.807) is 6.21 Å². The Kier molecular flexibility index (Phi) is 8.51. The summed E-state index contributed by atoms with van der Waals surface area (Å²) in [4.78, 5) is 24.8. The van der Waals surface area contributed by atoms with Crippen molar-refractivity contribution in [1.29, 1.82) is 0 Å². The average molecular weight is 516 g/mol. The van der Waals surface area contributed by atoms with Crippen LogP contribution in [0, 0.1) is 0 Å². The SMILES string of the molecule is COC(=O)C(Cc1ccccc1)NCc1ccc(/C=N/NC(=O)c2ccc(O)c(Cl)c2)c2ccccc12. The van der Waals surface area contributed by atoms with Gasteiger partial charge in [0.25, 0.3) is 5.91 Å². The minimum Gasteiger partial charge on any atom is -0.506 e. The number of amides is 1. The van der Waals surface area contributed by atoms with Crippen molar-refractivity contribution in [1.82, 2.24) is 10.7 Å². The molecule has 188 valence electrons. The predicted octanol–water partition coefficient (Wildman–Crippen LogP) is 4.84. The molecule has 37 heavy (non-hydrogen) atoms. The highest BCUT2D eigenvalue weighted by Crippen LogP contribution is 2.24. The number of carbonyl (C=O) groups is 2. The fourth-order valence-electron chi connectivity index (χ4n) is 3.99. The number of aromatic hydroxyl groups is 1. The van der Waals surface area contributed by atoms with E-state index >= 15 is 0 Å². The fourth-order valence-corrected chi connectivity index (χ4v) is 4.17. The second-order valence-corrected chi connectivity index (χ2v) is 8.78. The van der Waals surface area contributed by atoms with Gasteiger partial charge in [-0.2, -0.15) is 5.10 Å². The van der Waals surface area contributed by atoms with E-state index in [0.717, 1.165) is 27.5 Å². The molecule has 8 heteroatoms. The molecule has 0 bridgehead atoms. The van der Waals surface area contributed by atoms with Crippen LogP contribution in [0.25, 0.3) is 10.8 Å². The number of methoxy groups -OCH3 is 1. The lowest BCUT2D eigenvalue weighted by molar-refractivity contribution is -0.143. The normalized spacial score (nSPS) is 11.9. The van der Waals surface area contributed by atoms with Gasteiger partial charge in [0.1, 0.15) is 11.8 Å². The van der Waals surface area contributed by atoms with Crippen molar-refractivity contribution in [2.75, 3.05) is 7.11 Å². The van der Waals surface area contributed by atoms with Crippen LogP contribution < -0.4 is 10.7 Å². The van der Waals surface area contributed by atoms with Gasteiger partial charge in [-0.3, -0.25) is 14.9 Å². The van der Waals surface area contributed by atoms with Crippen LogP contribution in [0.1, 0.15) is 27.0 Å². The molecule has 0 radical (unpaired) electrons. The van der Waals surface area contributed by atoms with Gasteiger partial charge in [-0.05, 0) is 46.5 Å². The second kappa shape index (κ2) is 12.2. The summed E-state index contributed by atoms with van der Waals surface area (Å²) in [6, 6.07) is 25.2. The first-order valence-corrected chi connectivity index (χ1v) is 12.0. The lowest BCUT2D eigenvalue weighted by Crippen LogP contribution is -2.39. The quantitative estimate of drug-likeness (QED) is 0.168. The van der Waals surface area contributed by atoms with E-state index in [0.29, 0.717) is 13.0 Å². The number of rotatable bonds is 9. The number of hydrogen-bond acceptors (Lipinski definition) is 6. The number of fused-ring (bicyclic) bond motifs is 1. The molecule has 1 unspecified atom stereocenters. The zero-order chi connectivity index (χ0) is 26.2. The predicted molar refractivity (Wildman–Crippen MR) is 145 cm³/mol. The summed E-state index contributed by atoms with van der Waals surface area (Å²) in [5.74, 6) is -0.862. The first kappa shape index (κ1) is 25.9. The van der Waals surface area contributed by atoms with Crippen molar-refractivity contribution in [2.45, 2.75) is 19.0 Å². The van der Waals surface area contributed by atoms with E-state index in [2.05, 4.69) is 15.8 Å². The van der Waals surface area contributed by atoms with Gasteiger partial charge in [0.2, 0.25) is 0 Å². The van der Waals surface area contributed by atoms with Gasteiger partial charge in [-0.25, -0.2) is 5.43 Å². The molecule has 1 atom stereocenters. The maximum atomic E-state index is 12.4. The maximum Gasteiger partial charge on any atom is 0.323 e. The van der Waals surface area contributed by atoms with E-state index in [-0.39, 0.29) is 22.3 Å². The van der Waals surface area contributed by atoms with E-state index in [9.17, 15) is 14.7 Å². The van der Waals surface area contributed by atoms with Crippen molar-refractivity contribution in [2.24, 2.45) is 5.10 Å². The largest absolute Gasteiger partial charge is 0.506 e. The van der Waals surface area contributed by atoms with Crippen LogP contribution in [0.3, 0.4) is 0 Å². The van der Waals surface area contributed by atoms with Crippen molar-refractivity contribution in [3.8, 4) is 5.75 Å². The standard InChI is InChI=1S/C29H26ClN3O4/c1-37-29(36)26(15-19-7-3-2-4-8-19)31-17-21-11-12-22(24-10-6-5-9-23(21)24)18-32-33-28(35)20-13-14-27(34)25(30)16-20/h2-14,16,18,26,31,34H,15,17H2,1H3,(H,33,35)/b32-18+. The minimum atomic E-state index is -0.490. The van der Waals surface area contributed by atoms with Crippen LogP contribution >= 0.6 is 11.6 Å². The Labute approximate surface area is 219 Å². The zero-order valence-corrected chi connectivity index (χ0v) is 20.9. The Morgan fingerprint density at radius 3 is 2.46 bits per heavy atom. The first-order valence-electron chi connectivity index (χ1n) is 11.6. The Morgan fingerprint density at radius 2 is 1.73 bits per heavy atom. The van der Waals surface area contributed by atoms with Crippen LogP contribution in [-0.4, -0.2) is 36.3 Å². The van der Waals surface area contributed by atoms with Gasteiger partial charge < -0.3 is 9.84 Å². The molecule has 0 saturated heterocycles. The highest BCUT2D eigenvalue weighted by Gasteiger charge is 2.19. The third-order valence-electron chi connectivity index (χ3n) is 5.93. The van der Waals surface area contributed by atoms with E-state index in [4.69, 9.17) is 16.3 Å². The van der Waals surface area contributed by atoms with Crippen LogP contribution in [-0.2, 0) is 22.5 Å². The monoisotopic (exact) mass is 515 g/mol. The van der Waals surface area contributed by atoms with Gasteiger partial charge in [-0.1, -0.05) is 78.3 Å². The number of hydrazone groups is 1. The van der Waals surface area contributed by atoms with E-state index < -0.39 is 11.9 Å². The van der Waals surface area contributed by atoms with Crippen LogP contribution in [0.4, 0.5) is 0 Å². The smallest absolute Gasteiger partial charge is 0.323 e. The topological polar surface area (TPSA) is 100 Å². The molecule has 0 aliphatic carbocycles.